The van der Waals surface area contributed by atoms with Gasteiger partial charge in [0.1, 0.15) is 12.4 Å². The van der Waals surface area contributed by atoms with Crippen molar-refractivity contribution in [2.24, 2.45) is 0 Å². The fourth-order valence-corrected chi connectivity index (χ4v) is 4.07. The lowest BCUT2D eigenvalue weighted by Gasteiger charge is -2.37. The molecule has 0 aromatic heterocycles. The average Bonchev–Trinajstić information content (AvgIpc) is 2.85. The Bertz CT molecular complexity index is 1200. The van der Waals surface area contributed by atoms with Crippen LogP contribution in [0.5, 0.6) is 5.75 Å². The minimum Gasteiger partial charge on any atom is -0.492 e. The lowest BCUT2D eigenvalue weighted by atomic mass is 10.1. The topological polar surface area (TPSA) is 136 Å². The summed E-state index contributed by atoms with van der Waals surface area (Å²) in [6.45, 7) is 5.80. The van der Waals surface area contributed by atoms with Gasteiger partial charge in [-0.15, -0.1) is 0 Å². The van der Waals surface area contributed by atoms with Crippen LogP contribution in [0.2, 0.25) is 5.02 Å². The minimum atomic E-state index is -5.08. The number of carbonyl (C=O) groups is 2. The second-order valence-electron chi connectivity index (χ2n) is 7.98. The Morgan fingerprint density at radius 1 is 1.05 bits per heavy atom. The Balaban J connectivity index is 0.000000638. The zero-order valence-corrected chi connectivity index (χ0v) is 21.8. The number of halogens is 4. The van der Waals surface area contributed by atoms with Crippen LogP contribution in [0.4, 0.5) is 24.5 Å². The van der Waals surface area contributed by atoms with Crippen molar-refractivity contribution in [2.45, 2.75) is 13.1 Å². The van der Waals surface area contributed by atoms with Crippen molar-refractivity contribution in [3.8, 4) is 5.75 Å². The van der Waals surface area contributed by atoms with E-state index in [-0.39, 0.29) is 11.3 Å². The van der Waals surface area contributed by atoms with Crippen molar-refractivity contribution in [2.75, 3.05) is 54.7 Å². The molecule has 3 rings (SSSR count). The summed E-state index contributed by atoms with van der Waals surface area (Å²) in [7, 11) is -3.53. The van der Waals surface area contributed by atoms with E-state index < -0.39 is 28.1 Å². The highest BCUT2D eigenvalue weighted by molar-refractivity contribution is 7.92. The van der Waals surface area contributed by atoms with Crippen LogP contribution in [-0.4, -0.2) is 86.7 Å². The van der Waals surface area contributed by atoms with Gasteiger partial charge in [-0.25, -0.2) is 18.0 Å². The molecule has 2 aromatic rings. The molecule has 0 spiro atoms. The number of nitrogens with zero attached hydrogens (tertiary/aromatic N) is 2. The first-order chi connectivity index (χ1) is 17.7. The number of carboxylic acids is 2. The first-order valence-corrected chi connectivity index (χ1v) is 13.3. The smallest absolute Gasteiger partial charge is 0.490 e. The van der Waals surface area contributed by atoms with E-state index >= 15 is 0 Å². The first-order valence-electron chi connectivity index (χ1n) is 11.3. The summed E-state index contributed by atoms with van der Waals surface area (Å²) in [5.74, 6) is -3.18. The standard InChI is InChI=1S/C21H26ClN3O5S.C2HF3O2/c1-2-31(28,29)23-19-15-16(21(26)27)3-8-20(19)25-11-9-24(10-12-25)13-14-30-18-6-4-17(22)5-7-18;3-2(4,5)1(6)7/h3-8,15,23H,2,9-14H2,1H3,(H,26,27);(H,6,7). The van der Waals surface area contributed by atoms with Gasteiger partial charge in [0, 0.05) is 37.7 Å². The van der Waals surface area contributed by atoms with E-state index in [1.165, 1.54) is 19.1 Å². The molecule has 38 heavy (non-hydrogen) atoms. The molecule has 1 saturated heterocycles. The molecule has 15 heteroatoms. The molecule has 210 valence electrons. The number of hydrogen-bond acceptors (Lipinski definition) is 7. The largest absolute Gasteiger partial charge is 0.492 e. The van der Waals surface area contributed by atoms with Gasteiger partial charge < -0.3 is 19.8 Å². The lowest BCUT2D eigenvalue weighted by Crippen LogP contribution is -2.47. The Labute approximate surface area is 222 Å². The molecular weight excluding hydrogens is 555 g/mol. The molecule has 0 unspecified atom stereocenters. The maximum Gasteiger partial charge on any atom is 0.490 e. The predicted molar refractivity (Wildman–Crippen MR) is 136 cm³/mol. The van der Waals surface area contributed by atoms with Crippen LogP contribution in [0, 0.1) is 0 Å². The van der Waals surface area contributed by atoms with Crippen LogP contribution >= 0.6 is 11.6 Å². The number of ether oxygens (including phenoxy) is 1. The quantitative estimate of drug-likeness (QED) is 0.405. The number of aromatic carboxylic acids is 1. The Kier molecular flexibility index (Phi) is 11.0. The molecular formula is C23H27ClF3N3O7S. The summed E-state index contributed by atoms with van der Waals surface area (Å²) in [5, 5.41) is 17.1. The summed E-state index contributed by atoms with van der Waals surface area (Å²) in [5.41, 5.74) is 1.01. The SMILES string of the molecule is CCS(=O)(=O)Nc1cc(C(=O)O)ccc1N1CCN(CCOc2ccc(Cl)cc2)CC1.O=C(O)C(F)(F)F. The van der Waals surface area contributed by atoms with E-state index in [0.29, 0.717) is 36.1 Å². The number of carboxylic acid groups (broad SMARTS) is 2. The van der Waals surface area contributed by atoms with Gasteiger partial charge in [-0.1, -0.05) is 11.6 Å². The Morgan fingerprint density at radius 3 is 2.13 bits per heavy atom. The van der Waals surface area contributed by atoms with Gasteiger partial charge in [-0.3, -0.25) is 9.62 Å². The number of hydrogen-bond donors (Lipinski definition) is 3. The molecule has 0 saturated carbocycles. The van der Waals surface area contributed by atoms with Crippen LogP contribution in [-0.2, 0) is 14.8 Å². The van der Waals surface area contributed by atoms with Crippen LogP contribution < -0.4 is 14.4 Å². The molecule has 2 aromatic carbocycles. The van der Waals surface area contributed by atoms with Gasteiger partial charge >= 0.3 is 18.1 Å². The average molecular weight is 582 g/mol. The van der Waals surface area contributed by atoms with E-state index in [1.807, 2.05) is 12.1 Å². The van der Waals surface area contributed by atoms with Crippen LogP contribution in [0.15, 0.2) is 42.5 Å². The second-order valence-corrected chi connectivity index (χ2v) is 10.4. The third-order valence-corrected chi connectivity index (χ3v) is 6.88. The predicted octanol–water partition coefficient (Wildman–Crippen LogP) is 3.63. The summed E-state index contributed by atoms with van der Waals surface area (Å²) >= 11 is 5.88. The van der Waals surface area contributed by atoms with Crippen LogP contribution in [0.25, 0.3) is 0 Å². The number of nitrogens with one attached hydrogen (secondary N) is 1. The summed E-state index contributed by atoms with van der Waals surface area (Å²) in [6.07, 6.45) is -5.08. The number of anilines is 2. The van der Waals surface area contributed by atoms with Crippen molar-refractivity contribution < 1.29 is 46.1 Å². The Hall–Kier alpha value is -3.23. The minimum absolute atomic E-state index is 0.0375. The highest BCUT2D eigenvalue weighted by atomic mass is 35.5. The fourth-order valence-electron chi connectivity index (χ4n) is 3.30. The van der Waals surface area contributed by atoms with Gasteiger partial charge in [-0.05, 0) is 49.4 Å². The van der Waals surface area contributed by atoms with Crippen molar-refractivity contribution in [3.63, 3.8) is 0 Å². The molecule has 0 amide bonds. The van der Waals surface area contributed by atoms with Gasteiger partial charge in [0.15, 0.2) is 0 Å². The first kappa shape index (κ1) is 31.0. The highest BCUT2D eigenvalue weighted by Gasteiger charge is 2.38. The number of aliphatic carboxylic acids is 1. The lowest BCUT2D eigenvalue weighted by molar-refractivity contribution is -0.192. The van der Waals surface area contributed by atoms with E-state index in [4.69, 9.17) is 26.2 Å². The zero-order chi connectivity index (χ0) is 28.5. The molecule has 1 aliphatic heterocycles. The van der Waals surface area contributed by atoms with E-state index in [0.717, 1.165) is 25.4 Å². The van der Waals surface area contributed by atoms with Crippen molar-refractivity contribution in [1.29, 1.82) is 0 Å². The normalized spacial score (nSPS) is 14.3. The third kappa shape index (κ3) is 9.91. The maximum absolute atomic E-state index is 12.1. The van der Waals surface area contributed by atoms with E-state index in [1.54, 1.807) is 18.2 Å². The number of alkyl halides is 3. The van der Waals surface area contributed by atoms with Gasteiger partial charge in [-0.2, -0.15) is 13.2 Å². The monoisotopic (exact) mass is 581 g/mol. The summed E-state index contributed by atoms with van der Waals surface area (Å²) in [6, 6.07) is 11.8. The highest BCUT2D eigenvalue weighted by Crippen LogP contribution is 2.29. The van der Waals surface area contributed by atoms with E-state index in [9.17, 15) is 31.5 Å². The maximum atomic E-state index is 12.1. The molecule has 10 nitrogen and oxygen atoms in total. The van der Waals surface area contributed by atoms with Crippen molar-refractivity contribution >= 4 is 44.9 Å². The van der Waals surface area contributed by atoms with E-state index in [2.05, 4.69) is 14.5 Å². The molecule has 1 heterocycles. The summed E-state index contributed by atoms with van der Waals surface area (Å²) < 4.78 is 64.2. The number of benzene rings is 2. The summed E-state index contributed by atoms with van der Waals surface area (Å²) in [4.78, 5) is 24.6. The van der Waals surface area contributed by atoms with Crippen LogP contribution in [0.1, 0.15) is 17.3 Å². The van der Waals surface area contributed by atoms with Gasteiger partial charge in [0.2, 0.25) is 10.0 Å². The molecule has 1 aliphatic rings. The molecule has 0 bridgehead atoms. The number of sulfonamides is 1. The second kappa shape index (κ2) is 13.5. The van der Waals surface area contributed by atoms with Gasteiger partial charge in [0.25, 0.3) is 0 Å². The zero-order valence-electron chi connectivity index (χ0n) is 20.2. The molecule has 0 atom stereocenters. The van der Waals surface area contributed by atoms with Crippen LogP contribution in [0.3, 0.4) is 0 Å². The van der Waals surface area contributed by atoms with Crippen molar-refractivity contribution in [3.05, 3.63) is 53.1 Å². The fraction of sp³-hybridized carbons (Fsp3) is 0.391. The number of piperazine rings is 1. The third-order valence-electron chi connectivity index (χ3n) is 5.33. The van der Waals surface area contributed by atoms with Gasteiger partial charge in [0.05, 0.1) is 22.7 Å². The molecule has 3 N–H and O–H groups in total. The molecule has 1 fully saturated rings. The molecule has 0 radical (unpaired) electrons. The molecule has 0 aliphatic carbocycles. The number of rotatable bonds is 9. The Morgan fingerprint density at radius 2 is 1.63 bits per heavy atom. The van der Waals surface area contributed by atoms with Crippen molar-refractivity contribution in [1.82, 2.24) is 4.90 Å².